The lowest BCUT2D eigenvalue weighted by molar-refractivity contribution is -0.344. The Morgan fingerprint density at radius 3 is 2.52 bits per heavy atom. The maximum atomic E-state index is 13.4. The molecule has 1 atom stereocenters. The third-order valence-electron chi connectivity index (χ3n) is 7.07. The fourth-order valence-corrected chi connectivity index (χ4v) is 5.17. The number of hydrogen-bond acceptors (Lipinski definition) is 7. The molecule has 12 heteroatoms. The minimum Gasteiger partial charge on any atom is -0.374 e. The van der Waals surface area contributed by atoms with E-state index in [1.54, 1.807) is 18.5 Å². The van der Waals surface area contributed by atoms with Crippen molar-refractivity contribution in [2.45, 2.75) is 38.3 Å². The Labute approximate surface area is 226 Å². The molecule has 1 fully saturated rings. The predicted molar refractivity (Wildman–Crippen MR) is 146 cm³/mol. The number of nitrogens with zero attached hydrogens (tertiary/aromatic N) is 4. The molecule has 0 bridgehead atoms. The largest absolute Gasteiger partial charge is 0.522 e. The van der Waals surface area contributed by atoms with Crippen molar-refractivity contribution in [3.8, 4) is 11.4 Å². The van der Waals surface area contributed by atoms with Gasteiger partial charge in [-0.05, 0) is 50.1 Å². The lowest BCUT2D eigenvalue weighted by Crippen LogP contribution is -2.39. The molecule has 3 N–H and O–H groups in total. The molecular formula is C28H26F3N7O2. The number of rotatable bonds is 6. The molecule has 0 radical (unpaired) electrons. The Bertz CT molecular complexity index is 1710. The van der Waals surface area contributed by atoms with Crippen LogP contribution in [-0.2, 0) is 4.74 Å². The highest BCUT2D eigenvalue weighted by Crippen LogP contribution is 2.34. The zero-order valence-electron chi connectivity index (χ0n) is 21.5. The number of ether oxygens (including phenoxy) is 1. The molecule has 3 aromatic heterocycles. The van der Waals surface area contributed by atoms with Crippen molar-refractivity contribution in [2.75, 3.05) is 23.3 Å². The average Bonchev–Trinajstić information content (AvgIpc) is 3.36. The van der Waals surface area contributed by atoms with E-state index in [1.807, 2.05) is 54.3 Å². The van der Waals surface area contributed by atoms with Crippen LogP contribution in [0.4, 0.5) is 24.5 Å². The van der Waals surface area contributed by atoms with E-state index in [1.165, 1.54) is 0 Å². The van der Waals surface area contributed by atoms with Crippen LogP contribution in [-0.4, -0.2) is 50.5 Å². The number of piperidine rings is 1. The molecule has 40 heavy (non-hydrogen) atoms. The van der Waals surface area contributed by atoms with Gasteiger partial charge in [0.15, 0.2) is 0 Å². The first-order valence-corrected chi connectivity index (χ1v) is 12.9. The highest BCUT2D eigenvalue weighted by atomic mass is 19.4. The van der Waals surface area contributed by atoms with Crippen molar-refractivity contribution in [2.24, 2.45) is 0 Å². The summed E-state index contributed by atoms with van der Waals surface area (Å²) in [5.41, 5.74) is 3.54. The van der Waals surface area contributed by atoms with Crippen LogP contribution < -0.4 is 15.8 Å². The number of H-pyrrole nitrogens is 2. The van der Waals surface area contributed by atoms with Crippen molar-refractivity contribution in [3.63, 3.8) is 0 Å². The maximum Gasteiger partial charge on any atom is 0.522 e. The summed E-state index contributed by atoms with van der Waals surface area (Å²) in [6, 6.07) is 14.6. The van der Waals surface area contributed by atoms with Crippen molar-refractivity contribution in [3.05, 3.63) is 77.1 Å². The number of alkyl halides is 3. The Morgan fingerprint density at radius 1 is 1.02 bits per heavy atom. The number of aromatic nitrogens is 5. The van der Waals surface area contributed by atoms with Gasteiger partial charge in [-0.3, -0.25) is 9.53 Å². The van der Waals surface area contributed by atoms with Gasteiger partial charge in [-0.2, -0.15) is 0 Å². The summed E-state index contributed by atoms with van der Waals surface area (Å²) in [5, 5.41) is 4.24. The number of halogens is 3. The normalized spacial score (nSPS) is 15.6. The van der Waals surface area contributed by atoms with Gasteiger partial charge < -0.3 is 20.2 Å². The number of fused-ring (bicyclic) bond motifs is 2. The van der Waals surface area contributed by atoms with Crippen LogP contribution in [0.5, 0.6) is 0 Å². The Morgan fingerprint density at radius 2 is 1.77 bits per heavy atom. The highest BCUT2D eigenvalue weighted by molar-refractivity contribution is 5.99. The highest BCUT2D eigenvalue weighted by Gasteiger charge is 2.35. The van der Waals surface area contributed by atoms with Crippen molar-refractivity contribution in [1.82, 2.24) is 24.9 Å². The standard InChI is InChI=1S/C28H26F3N7O2/c1-16(25-32-11-4-12-33-25)34-24-19-5-2-3-6-20(19)37-27(39)23(24)26-35-21-8-7-17(15-22(21)36-26)38-13-9-18(10-14-38)40-28(29,30)31/h2-8,11-12,15-16,18H,9-10,13-14H2,1H3,(H,35,36)(H2,34,37,39)/t16-/m0/s1. The minimum absolute atomic E-state index is 0.274. The molecule has 0 amide bonds. The van der Waals surface area contributed by atoms with Crippen LogP contribution in [0, 0.1) is 0 Å². The van der Waals surface area contributed by atoms with E-state index in [0.29, 0.717) is 52.5 Å². The molecule has 1 aliphatic rings. The zero-order chi connectivity index (χ0) is 27.9. The van der Waals surface area contributed by atoms with Gasteiger partial charge in [-0.25, -0.2) is 15.0 Å². The third kappa shape index (κ3) is 5.22. The maximum absolute atomic E-state index is 13.4. The topological polar surface area (TPSA) is 112 Å². The van der Waals surface area contributed by atoms with Gasteiger partial charge in [0.2, 0.25) is 0 Å². The number of pyridine rings is 1. The number of imidazole rings is 1. The summed E-state index contributed by atoms with van der Waals surface area (Å²) in [4.78, 5) is 35.1. The van der Waals surface area contributed by atoms with Gasteiger partial charge in [0.1, 0.15) is 17.2 Å². The minimum atomic E-state index is -4.63. The summed E-state index contributed by atoms with van der Waals surface area (Å²) in [7, 11) is 0. The molecule has 6 rings (SSSR count). The van der Waals surface area contributed by atoms with Crippen LogP contribution in [0.1, 0.15) is 31.6 Å². The molecule has 0 unspecified atom stereocenters. The summed E-state index contributed by atoms with van der Waals surface area (Å²) >= 11 is 0. The second-order valence-corrected chi connectivity index (χ2v) is 9.76. The first-order chi connectivity index (χ1) is 19.2. The lowest BCUT2D eigenvalue weighted by atomic mass is 10.1. The van der Waals surface area contributed by atoms with Crippen molar-refractivity contribution >= 4 is 33.3 Å². The quantitative estimate of drug-likeness (QED) is 0.255. The summed E-state index contributed by atoms with van der Waals surface area (Å²) < 4.78 is 42.0. The molecule has 4 heterocycles. The molecule has 9 nitrogen and oxygen atoms in total. The second-order valence-electron chi connectivity index (χ2n) is 9.76. The van der Waals surface area contributed by atoms with Gasteiger partial charge in [-0.15, -0.1) is 13.2 Å². The molecule has 2 aromatic carbocycles. The van der Waals surface area contributed by atoms with E-state index in [4.69, 9.17) is 4.98 Å². The van der Waals surface area contributed by atoms with Gasteiger partial charge in [0, 0.05) is 36.6 Å². The second kappa shape index (κ2) is 10.3. The molecule has 0 aliphatic carbocycles. The van der Waals surface area contributed by atoms with Crippen LogP contribution in [0.25, 0.3) is 33.3 Å². The van der Waals surface area contributed by atoms with Crippen LogP contribution >= 0.6 is 0 Å². The monoisotopic (exact) mass is 549 g/mol. The van der Waals surface area contributed by atoms with E-state index >= 15 is 0 Å². The van der Waals surface area contributed by atoms with E-state index in [-0.39, 0.29) is 24.4 Å². The fourth-order valence-electron chi connectivity index (χ4n) is 5.17. The average molecular weight is 550 g/mol. The molecule has 1 aliphatic heterocycles. The van der Waals surface area contributed by atoms with Crippen molar-refractivity contribution in [1.29, 1.82) is 0 Å². The number of anilines is 2. The number of aromatic amines is 2. The number of para-hydroxylation sites is 1. The SMILES string of the molecule is C[C@H](Nc1c(-c2nc3ccc(N4CCC(OC(F)(F)F)CC4)cc3[nH]2)c(=O)[nH]c2ccccc12)c1ncccn1. The molecule has 0 spiro atoms. The van der Waals surface area contributed by atoms with Crippen LogP contribution in [0.3, 0.4) is 0 Å². The van der Waals surface area contributed by atoms with Crippen LogP contribution in [0.2, 0.25) is 0 Å². The fraction of sp³-hybridized carbons (Fsp3) is 0.286. The predicted octanol–water partition coefficient (Wildman–Crippen LogP) is 5.54. The van der Waals surface area contributed by atoms with Gasteiger partial charge in [0.05, 0.1) is 34.4 Å². The number of hydrogen-bond donors (Lipinski definition) is 3. The first kappa shape index (κ1) is 25.8. The van der Waals surface area contributed by atoms with Crippen molar-refractivity contribution < 1.29 is 17.9 Å². The zero-order valence-corrected chi connectivity index (χ0v) is 21.5. The lowest BCUT2D eigenvalue weighted by Gasteiger charge is -2.33. The van der Waals surface area contributed by atoms with Gasteiger partial charge >= 0.3 is 6.36 Å². The third-order valence-corrected chi connectivity index (χ3v) is 7.07. The van der Waals surface area contributed by atoms with Gasteiger partial charge in [0.25, 0.3) is 5.56 Å². The number of nitrogens with one attached hydrogen (secondary N) is 3. The molecule has 0 saturated carbocycles. The van der Waals surface area contributed by atoms with E-state index < -0.39 is 12.5 Å². The molecule has 5 aromatic rings. The Kier molecular flexibility index (Phi) is 6.62. The summed E-state index contributed by atoms with van der Waals surface area (Å²) in [6.45, 7) is 2.79. The molecule has 206 valence electrons. The Hall–Kier alpha value is -4.45. The molecule has 1 saturated heterocycles. The Balaban J connectivity index is 1.34. The molecular weight excluding hydrogens is 523 g/mol. The van der Waals surface area contributed by atoms with E-state index in [0.717, 1.165) is 11.1 Å². The van der Waals surface area contributed by atoms with Gasteiger partial charge in [-0.1, -0.05) is 18.2 Å². The first-order valence-electron chi connectivity index (χ1n) is 12.9. The smallest absolute Gasteiger partial charge is 0.374 e. The summed E-state index contributed by atoms with van der Waals surface area (Å²) in [5.74, 6) is 0.969. The van der Waals surface area contributed by atoms with E-state index in [2.05, 4.69) is 30.0 Å². The summed E-state index contributed by atoms with van der Waals surface area (Å²) in [6.07, 6.45) is -1.58. The van der Waals surface area contributed by atoms with E-state index in [9.17, 15) is 18.0 Å². The van der Waals surface area contributed by atoms with Crippen LogP contribution in [0.15, 0.2) is 65.7 Å². The number of benzene rings is 2.